The third-order valence-electron chi connectivity index (χ3n) is 3.18. The van der Waals surface area contributed by atoms with Gasteiger partial charge in [0.25, 0.3) is 0 Å². The molecule has 2 atom stereocenters. The number of ether oxygens (including phenoxy) is 1. The maximum atomic E-state index is 6.37. The van der Waals surface area contributed by atoms with E-state index >= 15 is 0 Å². The SMILES string of the molecule is ClC(CCC1CCCCO1)c1ccccc1. The zero-order valence-electron chi connectivity index (χ0n) is 9.57. The maximum Gasteiger partial charge on any atom is 0.0586 e. The van der Waals surface area contributed by atoms with Crippen LogP contribution in [-0.4, -0.2) is 12.7 Å². The van der Waals surface area contributed by atoms with Gasteiger partial charge < -0.3 is 4.74 Å². The van der Waals surface area contributed by atoms with Crippen LogP contribution >= 0.6 is 11.6 Å². The summed E-state index contributed by atoms with van der Waals surface area (Å²) in [6.07, 6.45) is 6.28. The van der Waals surface area contributed by atoms with Crippen molar-refractivity contribution in [1.29, 1.82) is 0 Å². The van der Waals surface area contributed by atoms with Crippen LogP contribution in [0, 0.1) is 0 Å². The smallest absolute Gasteiger partial charge is 0.0586 e. The highest BCUT2D eigenvalue weighted by Crippen LogP contribution is 2.28. The lowest BCUT2D eigenvalue weighted by Gasteiger charge is -2.23. The Morgan fingerprint density at radius 2 is 2.06 bits per heavy atom. The van der Waals surface area contributed by atoms with Crippen molar-refractivity contribution in [3.8, 4) is 0 Å². The number of alkyl halides is 1. The lowest BCUT2D eigenvalue weighted by molar-refractivity contribution is 0.0100. The first-order valence-electron chi connectivity index (χ1n) is 6.17. The van der Waals surface area contributed by atoms with Crippen LogP contribution < -0.4 is 0 Å². The van der Waals surface area contributed by atoms with Gasteiger partial charge in [-0.1, -0.05) is 30.3 Å². The van der Waals surface area contributed by atoms with Gasteiger partial charge in [0.2, 0.25) is 0 Å². The summed E-state index contributed by atoms with van der Waals surface area (Å²) in [6, 6.07) is 10.3. The predicted octanol–water partition coefficient (Wildman–Crippen LogP) is 4.32. The molecular weight excluding hydrogens is 220 g/mol. The minimum Gasteiger partial charge on any atom is -0.378 e. The highest BCUT2D eigenvalue weighted by molar-refractivity contribution is 6.20. The van der Waals surface area contributed by atoms with E-state index in [1.807, 2.05) is 18.2 Å². The highest BCUT2D eigenvalue weighted by atomic mass is 35.5. The van der Waals surface area contributed by atoms with E-state index in [9.17, 15) is 0 Å². The molecule has 1 fully saturated rings. The van der Waals surface area contributed by atoms with E-state index in [-0.39, 0.29) is 5.38 Å². The molecule has 1 nitrogen and oxygen atoms in total. The van der Waals surface area contributed by atoms with Crippen molar-refractivity contribution in [1.82, 2.24) is 0 Å². The molecule has 0 bridgehead atoms. The first-order chi connectivity index (χ1) is 7.86. The highest BCUT2D eigenvalue weighted by Gasteiger charge is 2.16. The first kappa shape index (κ1) is 11.9. The van der Waals surface area contributed by atoms with Crippen molar-refractivity contribution in [3.05, 3.63) is 35.9 Å². The molecule has 2 rings (SSSR count). The molecule has 1 aliphatic rings. The number of hydrogen-bond acceptors (Lipinski definition) is 1. The number of hydrogen-bond donors (Lipinski definition) is 0. The number of rotatable bonds is 4. The van der Waals surface area contributed by atoms with E-state index in [1.54, 1.807) is 0 Å². The van der Waals surface area contributed by atoms with Gasteiger partial charge in [-0.25, -0.2) is 0 Å². The Hall–Kier alpha value is -0.530. The first-order valence-corrected chi connectivity index (χ1v) is 6.60. The van der Waals surface area contributed by atoms with Crippen LogP contribution in [0.5, 0.6) is 0 Å². The largest absolute Gasteiger partial charge is 0.378 e. The number of benzene rings is 1. The van der Waals surface area contributed by atoms with Crippen LogP contribution in [0.1, 0.15) is 43.0 Å². The van der Waals surface area contributed by atoms with Crippen LogP contribution in [0.4, 0.5) is 0 Å². The summed E-state index contributed by atoms with van der Waals surface area (Å²) >= 11 is 6.37. The second kappa shape index (κ2) is 6.27. The molecule has 0 saturated carbocycles. The Morgan fingerprint density at radius 3 is 2.75 bits per heavy atom. The molecule has 0 spiro atoms. The second-order valence-corrected chi connectivity index (χ2v) is 4.97. The average molecular weight is 239 g/mol. The van der Waals surface area contributed by atoms with Gasteiger partial charge in [-0.3, -0.25) is 0 Å². The summed E-state index contributed by atoms with van der Waals surface area (Å²) in [5.41, 5.74) is 1.22. The topological polar surface area (TPSA) is 9.23 Å². The molecule has 0 aromatic heterocycles. The molecule has 0 aliphatic carbocycles. The molecule has 1 heterocycles. The summed E-state index contributed by atoms with van der Waals surface area (Å²) < 4.78 is 5.71. The minimum absolute atomic E-state index is 0.131. The van der Waals surface area contributed by atoms with E-state index in [2.05, 4.69) is 12.1 Å². The molecule has 1 saturated heterocycles. The molecule has 2 heteroatoms. The fourth-order valence-electron chi connectivity index (χ4n) is 2.20. The lowest BCUT2D eigenvalue weighted by atomic mass is 10.0. The zero-order chi connectivity index (χ0) is 11.2. The Kier molecular flexibility index (Phi) is 4.68. The van der Waals surface area contributed by atoms with Gasteiger partial charge in [-0.05, 0) is 37.7 Å². The van der Waals surface area contributed by atoms with E-state index in [0.717, 1.165) is 19.4 Å². The Labute approximate surface area is 103 Å². The fraction of sp³-hybridized carbons (Fsp3) is 0.571. The Bertz CT molecular complexity index is 293. The quantitative estimate of drug-likeness (QED) is 0.710. The average Bonchev–Trinajstić information content (AvgIpc) is 2.38. The van der Waals surface area contributed by atoms with Crippen molar-refractivity contribution >= 4 is 11.6 Å². The zero-order valence-corrected chi connectivity index (χ0v) is 10.3. The molecule has 16 heavy (non-hydrogen) atoms. The van der Waals surface area contributed by atoms with Crippen molar-refractivity contribution in [2.45, 2.75) is 43.6 Å². The standard InChI is InChI=1S/C14H19ClO/c15-14(12-6-2-1-3-7-12)10-9-13-8-4-5-11-16-13/h1-3,6-7,13-14H,4-5,8-11H2. The van der Waals surface area contributed by atoms with Crippen molar-refractivity contribution < 1.29 is 4.74 Å². The van der Waals surface area contributed by atoms with Gasteiger partial charge in [-0.15, -0.1) is 11.6 Å². The third kappa shape index (κ3) is 3.50. The second-order valence-electron chi connectivity index (χ2n) is 4.44. The summed E-state index contributed by atoms with van der Waals surface area (Å²) in [6.45, 7) is 0.933. The molecule has 1 aliphatic heterocycles. The van der Waals surface area contributed by atoms with Crippen molar-refractivity contribution in [2.24, 2.45) is 0 Å². The lowest BCUT2D eigenvalue weighted by Crippen LogP contribution is -2.19. The number of halogens is 1. The van der Waals surface area contributed by atoms with Gasteiger partial charge in [0, 0.05) is 6.61 Å². The van der Waals surface area contributed by atoms with Gasteiger partial charge in [0.05, 0.1) is 11.5 Å². The molecule has 0 radical (unpaired) electrons. The molecule has 0 amide bonds. The molecular formula is C14H19ClO. The maximum absolute atomic E-state index is 6.37. The monoisotopic (exact) mass is 238 g/mol. The van der Waals surface area contributed by atoms with Crippen LogP contribution in [0.25, 0.3) is 0 Å². The van der Waals surface area contributed by atoms with E-state index in [1.165, 1.54) is 24.8 Å². The van der Waals surface area contributed by atoms with E-state index < -0.39 is 0 Å². The van der Waals surface area contributed by atoms with E-state index in [4.69, 9.17) is 16.3 Å². The van der Waals surface area contributed by atoms with Gasteiger partial charge in [0.15, 0.2) is 0 Å². The normalized spacial score (nSPS) is 22.9. The van der Waals surface area contributed by atoms with Gasteiger partial charge >= 0.3 is 0 Å². The van der Waals surface area contributed by atoms with Crippen LogP contribution in [-0.2, 0) is 4.74 Å². The van der Waals surface area contributed by atoms with Crippen molar-refractivity contribution in [2.75, 3.05) is 6.61 Å². The fourth-order valence-corrected chi connectivity index (χ4v) is 2.47. The predicted molar refractivity (Wildman–Crippen MR) is 67.9 cm³/mol. The molecule has 0 N–H and O–H groups in total. The van der Waals surface area contributed by atoms with Crippen LogP contribution in [0.15, 0.2) is 30.3 Å². The molecule has 88 valence electrons. The van der Waals surface area contributed by atoms with Crippen molar-refractivity contribution in [3.63, 3.8) is 0 Å². The Morgan fingerprint density at radius 1 is 1.25 bits per heavy atom. The van der Waals surface area contributed by atoms with E-state index in [0.29, 0.717) is 6.10 Å². The van der Waals surface area contributed by atoms with Gasteiger partial charge in [0.1, 0.15) is 0 Å². The molecule has 2 unspecified atom stereocenters. The third-order valence-corrected chi connectivity index (χ3v) is 3.65. The van der Waals surface area contributed by atoms with Crippen LogP contribution in [0.3, 0.4) is 0 Å². The van der Waals surface area contributed by atoms with Gasteiger partial charge in [-0.2, -0.15) is 0 Å². The summed E-state index contributed by atoms with van der Waals surface area (Å²) in [5, 5.41) is 0.131. The Balaban J connectivity index is 1.77. The summed E-state index contributed by atoms with van der Waals surface area (Å²) in [4.78, 5) is 0. The summed E-state index contributed by atoms with van der Waals surface area (Å²) in [5.74, 6) is 0. The summed E-state index contributed by atoms with van der Waals surface area (Å²) in [7, 11) is 0. The molecule has 1 aromatic carbocycles. The van der Waals surface area contributed by atoms with Crippen LogP contribution in [0.2, 0.25) is 0 Å². The molecule has 1 aromatic rings. The minimum atomic E-state index is 0.131.